The molecule has 0 saturated carbocycles. The van der Waals surface area contributed by atoms with E-state index in [1.165, 1.54) is 24.9 Å². The summed E-state index contributed by atoms with van der Waals surface area (Å²) in [7, 11) is 1.37. The van der Waals surface area contributed by atoms with Crippen LogP contribution in [-0.2, 0) is 16.0 Å². The Hall–Kier alpha value is -1.40. The zero-order valence-electron chi connectivity index (χ0n) is 15.3. The average Bonchev–Trinajstić information content (AvgIpc) is 2.85. The van der Waals surface area contributed by atoms with E-state index in [1.54, 1.807) is 0 Å². The topological polar surface area (TPSA) is 58.6 Å². The van der Waals surface area contributed by atoms with E-state index in [0.29, 0.717) is 29.2 Å². The Kier molecular flexibility index (Phi) is 6.40. The normalized spacial score (nSPS) is 21.5. The second-order valence-electron chi connectivity index (χ2n) is 6.54. The molecule has 1 saturated heterocycles. The highest BCUT2D eigenvalue weighted by Gasteiger charge is 2.28. The molecule has 1 N–H and O–H groups in total. The summed E-state index contributed by atoms with van der Waals surface area (Å²) in [4.78, 5) is 28.0. The van der Waals surface area contributed by atoms with E-state index in [9.17, 15) is 9.59 Å². The maximum Gasteiger partial charge on any atom is 0.341 e. The Labute approximate surface area is 148 Å². The van der Waals surface area contributed by atoms with Crippen molar-refractivity contribution in [3.63, 3.8) is 0 Å². The summed E-state index contributed by atoms with van der Waals surface area (Å²) in [5, 5.41) is 3.56. The second-order valence-corrected chi connectivity index (χ2v) is 7.76. The van der Waals surface area contributed by atoms with E-state index in [-0.39, 0.29) is 11.9 Å². The fourth-order valence-corrected chi connectivity index (χ4v) is 4.68. The first-order valence-corrected chi connectivity index (χ1v) is 9.46. The molecule has 0 bridgehead atoms. The second kappa shape index (κ2) is 8.12. The number of aryl methyl sites for hydroxylation is 1. The van der Waals surface area contributed by atoms with Crippen molar-refractivity contribution in [2.75, 3.05) is 19.0 Å². The predicted octanol–water partition coefficient (Wildman–Crippen LogP) is 3.61. The molecule has 134 valence electrons. The smallest absolute Gasteiger partial charge is 0.341 e. The molecule has 0 aromatic carbocycles. The van der Waals surface area contributed by atoms with Gasteiger partial charge >= 0.3 is 5.97 Å². The highest BCUT2D eigenvalue weighted by Crippen LogP contribution is 2.34. The number of hydrogen-bond donors (Lipinski definition) is 1. The number of likely N-dealkylation sites (tertiary alicyclic amines) is 1. The maximum absolute atomic E-state index is 12.5. The third kappa shape index (κ3) is 3.98. The molecule has 2 heterocycles. The largest absolute Gasteiger partial charge is 0.465 e. The standard InChI is InChI=1S/C18H28N2O3S/c1-6-14-13(4)24-17(16(14)18(22)23-5)19-15(21)10-20-11(2)8-7-9-12(20)3/h11-12H,6-10H2,1-5H3,(H,19,21). The van der Waals surface area contributed by atoms with Gasteiger partial charge in [0.2, 0.25) is 5.91 Å². The van der Waals surface area contributed by atoms with Gasteiger partial charge in [0, 0.05) is 17.0 Å². The number of piperidine rings is 1. The molecule has 0 radical (unpaired) electrons. The lowest BCUT2D eigenvalue weighted by atomic mass is 9.97. The van der Waals surface area contributed by atoms with Gasteiger partial charge in [0.25, 0.3) is 0 Å². The van der Waals surface area contributed by atoms with Crippen LogP contribution in [0.3, 0.4) is 0 Å². The van der Waals surface area contributed by atoms with Crippen molar-refractivity contribution < 1.29 is 14.3 Å². The molecule has 1 fully saturated rings. The molecule has 2 rings (SSSR count). The summed E-state index contributed by atoms with van der Waals surface area (Å²) in [6.07, 6.45) is 4.21. The minimum atomic E-state index is -0.383. The number of nitrogens with zero attached hydrogens (tertiary/aromatic N) is 1. The monoisotopic (exact) mass is 352 g/mol. The maximum atomic E-state index is 12.5. The molecular formula is C18H28N2O3S. The first kappa shape index (κ1) is 18.9. The lowest BCUT2D eigenvalue weighted by Crippen LogP contribution is -2.47. The lowest BCUT2D eigenvalue weighted by molar-refractivity contribution is -0.118. The van der Waals surface area contributed by atoms with E-state index in [1.807, 2.05) is 13.8 Å². The van der Waals surface area contributed by atoms with E-state index >= 15 is 0 Å². The van der Waals surface area contributed by atoms with Crippen LogP contribution in [-0.4, -0.2) is 42.5 Å². The molecular weight excluding hydrogens is 324 g/mol. The van der Waals surface area contributed by atoms with Crippen LogP contribution in [0.4, 0.5) is 5.00 Å². The SMILES string of the molecule is CCc1c(C)sc(NC(=O)CN2C(C)CCCC2C)c1C(=O)OC. The Morgan fingerprint density at radius 2 is 1.92 bits per heavy atom. The fourth-order valence-electron chi connectivity index (χ4n) is 3.53. The van der Waals surface area contributed by atoms with Gasteiger partial charge in [-0.3, -0.25) is 9.69 Å². The van der Waals surface area contributed by atoms with Crippen LogP contribution in [0.15, 0.2) is 0 Å². The first-order valence-electron chi connectivity index (χ1n) is 8.65. The molecule has 1 aromatic heterocycles. The zero-order valence-corrected chi connectivity index (χ0v) is 16.1. The first-order chi connectivity index (χ1) is 11.4. The van der Waals surface area contributed by atoms with Crippen LogP contribution in [0.1, 0.15) is 60.8 Å². The van der Waals surface area contributed by atoms with Crippen molar-refractivity contribution in [3.05, 3.63) is 16.0 Å². The minimum absolute atomic E-state index is 0.0651. The summed E-state index contributed by atoms with van der Waals surface area (Å²) in [6, 6.07) is 0.826. The van der Waals surface area contributed by atoms with Gasteiger partial charge in [0.05, 0.1) is 19.2 Å². The fraction of sp³-hybridized carbons (Fsp3) is 0.667. The van der Waals surface area contributed by atoms with Crippen molar-refractivity contribution >= 4 is 28.2 Å². The van der Waals surface area contributed by atoms with Crippen LogP contribution in [0.25, 0.3) is 0 Å². The number of amides is 1. The summed E-state index contributed by atoms with van der Waals surface area (Å²) in [5.74, 6) is -0.448. The number of anilines is 1. The predicted molar refractivity (Wildman–Crippen MR) is 97.9 cm³/mol. The van der Waals surface area contributed by atoms with Gasteiger partial charge in [-0.2, -0.15) is 0 Å². The number of rotatable bonds is 5. The molecule has 24 heavy (non-hydrogen) atoms. The quantitative estimate of drug-likeness (QED) is 0.823. The van der Waals surface area contributed by atoms with Crippen molar-refractivity contribution in [2.45, 2.75) is 65.5 Å². The Bertz CT molecular complexity index is 602. The van der Waals surface area contributed by atoms with Crippen molar-refractivity contribution in [3.8, 4) is 0 Å². The van der Waals surface area contributed by atoms with Crippen LogP contribution in [0.5, 0.6) is 0 Å². The van der Waals surface area contributed by atoms with Gasteiger partial charge < -0.3 is 10.1 Å². The molecule has 1 aromatic rings. The van der Waals surface area contributed by atoms with Crippen LogP contribution < -0.4 is 5.32 Å². The van der Waals surface area contributed by atoms with Gasteiger partial charge in [0.15, 0.2) is 0 Å². The molecule has 2 unspecified atom stereocenters. The van der Waals surface area contributed by atoms with Crippen molar-refractivity contribution in [1.82, 2.24) is 4.90 Å². The molecule has 2 atom stereocenters. The van der Waals surface area contributed by atoms with Gasteiger partial charge in [-0.25, -0.2) is 4.79 Å². The molecule has 1 amide bonds. The third-order valence-corrected chi connectivity index (χ3v) is 5.97. The summed E-state index contributed by atoms with van der Waals surface area (Å²) >= 11 is 1.45. The number of methoxy groups -OCH3 is 1. The lowest BCUT2D eigenvalue weighted by Gasteiger charge is -2.38. The minimum Gasteiger partial charge on any atom is -0.465 e. The van der Waals surface area contributed by atoms with E-state index in [0.717, 1.165) is 29.7 Å². The highest BCUT2D eigenvalue weighted by molar-refractivity contribution is 7.16. The summed E-state index contributed by atoms with van der Waals surface area (Å²) in [6.45, 7) is 8.69. The van der Waals surface area contributed by atoms with Crippen LogP contribution in [0, 0.1) is 6.92 Å². The molecule has 1 aliphatic rings. The Morgan fingerprint density at radius 3 is 2.46 bits per heavy atom. The van der Waals surface area contributed by atoms with Crippen LogP contribution in [0.2, 0.25) is 0 Å². The highest BCUT2D eigenvalue weighted by atomic mass is 32.1. The number of nitrogens with one attached hydrogen (secondary N) is 1. The van der Waals surface area contributed by atoms with Gasteiger partial charge in [-0.05, 0) is 45.6 Å². The van der Waals surface area contributed by atoms with E-state index in [2.05, 4.69) is 24.1 Å². The Morgan fingerprint density at radius 1 is 1.29 bits per heavy atom. The van der Waals surface area contributed by atoms with Crippen molar-refractivity contribution in [1.29, 1.82) is 0 Å². The molecule has 0 aliphatic carbocycles. The zero-order chi connectivity index (χ0) is 17.9. The number of esters is 1. The average molecular weight is 353 g/mol. The van der Waals surface area contributed by atoms with Gasteiger partial charge in [0.1, 0.15) is 5.00 Å². The summed E-state index contributed by atoms with van der Waals surface area (Å²) < 4.78 is 4.90. The number of thiophene rings is 1. The Balaban J connectivity index is 2.15. The number of carbonyl (C=O) groups is 2. The van der Waals surface area contributed by atoms with Crippen LogP contribution >= 0.6 is 11.3 Å². The molecule has 1 aliphatic heterocycles. The van der Waals surface area contributed by atoms with Gasteiger partial charge in [-0.15, -0.1) is 11.3 Å². The van der Waals surface area contributed by atoms with E-state index < -0.39 is 0 Å². The molecule has 6 heteroatoms. The number of carbonyl (C=O) groups excluding carboxylic acids is 2. The number of ether oxygens (including phenoxy) is 1. The number of hydrogen-bond acceptors (Lipinski definition) is 5. The third-order valence-electron chi connectivity index (χ3n) is 4.91. The summed E-state index contributed by atoms with van der Waals surface area (Å²) in [5.41, 5.74) is 1.47. The van der Waals surface area contributed by atoms with Gasteiger partial charge in [-0.1, -0.05) is 13.3 Å². The van der Waals surface area contributed by atoms with Crippen molar-refractivity contribution in [2.24, 2.45) is 0 Å². The van der Waals surface area contributed by atoms with E-state index in [4.69, 9.17) is 4.74 Å². The molecule has 5 nitrogen and oxygen atoms in total. The molecule has 0 spiro atoms.